The van der Waals surface area contributed by atoms with Crippen molar-refractivity contribution in [3.63, 3.8) is 0 Å². The molecule has 0 saturated heterocycles. The van der Waals surface area contributed by atoms with Crippen molar-refractivity contribution in [2.45, 2.75) is 26.9 Å². The lowest BCUT2D eigenvalue weighted by Gasteiger charge is -1.95. The van der Waals surface area contributed by atoms with E-state index in [1.807, 2.05) is 36.7 Å². The molecule has 0 spiro atoms. The van der Waals surface area contributed by atoms with Gasteiger partial charge in [-0.1, -0.05) is 12.1 Å². The highest BCUT2D eigenvalue weighted by atomic mass is 15.0. The number of imidazole rings is 1. The van der Waals surface area contributed by atoms with Gasteiger partial charge in [-0.25, -0.2) is 4.98 Å². The third-order valence-corrected chi connectivity index (χ3v) is 2.90. The summed E-state index contributed by atoms with van der Waals surface area (Å²) in [5.41, 5.74) is 2.30. The van der Waals surface area contributed by atoms with Gasteiger partial charge in [0, 0.05) is 25.5 Å². The van der Waals surface area contributed by atoms with Crippen LogP contribution in [0.25, 0.3) is 11.0 Å². The molecule has 0 fully saturated rings. The number of fused-ring (bicyclic) bond motifs is 1. The van der Waals surface area contributed by atoms with E-state index in [0.717, 1.165) is 18.6 Å². The van der Waals surface area contributed by atoms with Gasteiger partial charge < -0.3 is 9.13 Å². The predicted octanol–water partition coefficient (Wildman–Crippen LogP) is 3.56. The fourth-order valence-corrected chi connectivity index (χ4v) is 1.84. The van der Waals surface area contributed by atoms with Crippen LogP contribution in [0, 0.1) is 0 Å². The van der Waals surface area contributed by atoms with Crippen LogP contribution in [0.3, 0.4) is 0 Å². The molecule has 0 radical (unpaired) electrons. The zero-order valence-corrected chi connectivity index (χ0v) is 11.0. The number of hydrogen-bond acceptors (Lipinski definition) is 1. The van der Waals surface area contributed by atoms with Crippen molar-refractivity contribution in [1.82, 2.24) is 14.1 Å². The van der Waals surface area contributed by atoms with Crippen LogP contribution in [0.2, 0.25) is 0 Å². The van der Waals surface area contributed by atoms with Gasteiger partial charge in [0.2, 0.25) is 0 Å². The van der Waals surface area contributed by atoms with E-state index in [2.05, 4.69) is 46.4 Å². The van der Waals surface area contributed by atoms with Crippen molar-refractivity contribution in [2.75, 3.05) is 0 Å². The maximum atomic E-state index is 4.25. The molecule has 94 valence electrons. The van der Waals surface area contributed by atoms with Crippen molar-refractivity contribution in [3.8, 4) is 0 Å². The topological polar surface area (TPSA) is 22.8 Å². The Morgan fingerprint density at radius 1 is 0.944 bits per heavy atom. The quantitative estimate of drug-likeness (QED) is 0.672. The Kier molecular flexibility index (Phi) is 4.18. The molecule has 0 saturated carbocycles. The van der Waals surface area contributed by atoms with Crippen LogP contribution in [0.15, 0.2) is 55.1 Å². The Balaban J connectivity index is 0.000000149. The summed E-state index contributed by atoms with van der Waals surface area (Å²) in [6.45, 7) is 6.31. The van der Waals surface area contributed by atoms with E-state index >= 15 is 0 Å². The monoisotopic (exact) mass is 241 g/mol. The van der Waals surface area contributed by atoms with Gasteiger partial charge in [0.1, 0.15) is 0 Å². The van der Waals surface area contributed by atoms with Gasteiger partial charge in [0.25, 0.3) is 0 Å². The van der Waals surface area contributed by atoms with Gasteiger partial charge in [-0.3, -0.25) is 0 Å². The van der Waals surface area contributed by atoms with Crippen molar-refractivity contribution in [1.29, 1.82) is 0 Å². The predicted molar refractivity (Wildman–Crippen MR) is 75.5 cm³/mol. The van der Waals surface area contributed by atoms with Crippen LogP contribution >= 0.6 is 0 Å². The van der Waals surface area contributed by atoms with Crippen LogP contribution in [-0.2, 0) is 13.1 Å². The number of benzene rings is 1. The summed E-state index contributed by atoms with van der Waals surface area (Å²) in [6, 6.07) is 12.2. The highest BCUT2D eigenvalue weighted by molar-refractivity contribution is 5.74. The average Bonchev–Trinajstić information content (AvgIpc) is 3.08. The van der Waals surface area contributed by atoms with Gasteiger partial charge in [0.05, 0.1) is 17.4 Å². The largest absolute Gasteiger partial charge is 0.355 e. The van der Waals surface area contributed by atoms with Crippen molar-refractivity contribution >= 4 is 11.0 Å². The third kappa shape index (κ3) is 2.80. The maximum absolute atomic E-state index is 4.25. The molecule has 0 aliphatic carbocycles. The smallest absolute Gasteiger partial charge is 0.0958 e. The molecule has 18 heavy (non-hydrogen) atoms. The molecule has 0 atom stereocenters. The molecule has 0 aliphatic heterocycles. The van der Waals surface area contributed by atoms with Crippen LogP contribution in [0.4, 0.5) is 0 Å². The fourth-order valence-electron chi connectivity index (χ4n) is 1.84. The van der Waals surface area contributed by atoms with Crippen LogP contribution < -0.4 is 0 Å². The Labute approximate surface area is 108 Å². The second-order valence-electron chi connectivity index (χ2n) is 4.03. The molecule has 0 aliphatic rings. The SMILES string of the molecule is CCn1cccc1.CCn1cnc2ccccc21. The first kappa shape index (κ1) is 12.4. The Hall–Kier alpha value is -2.03. The van der Waals surface area contributed by atoms with Gasteiger partial charge in [-0.15, -0.1) is 0 Å². The molecule has 0 bridgehead atoms. The molecule has 2 heterocycles. The van der Waals surface area contributed by atoms with E-state index < -0.39 is 0 Å². The van der Waals surface area contributed by atoms with Crippen LogP contribution in [0.5, 0.6) is 0 Å². The minimum atomic E-state index is 0.987. The summed E-state index contributed by atoms with van der Waals surface area (Å²) in [6.07, 6.45) is 5.99. The minimum Gasteiger partial charge on any atom is -0.355 e. The summed E-state index contributed by atoms with van der Waals surface area (Å²) < 4.78 is 4.26. The van der Waals surface area contributed by atoms with Gasteiger partial charge in [-0.2, -0.15) is 0 Å². The Bertz CT molecular complexity index is 579. The number of rotatable bonds is 2. The standard InChI is InChI=1S/C9H10N2.C6H9N/c1-2-11-7-10-8-5-3-4-6-9(8)11;1-2-7-5-3-4-6-7/h3-7H,2H2,1H3;3-6H,2H2,1H3. The first-order valence-corrected chi connectivity index (χ1v) is 6.35. The van der Waals surface area contributed by atoms with Gasteiger partial charge in [0.15, 0.2) is 0 Å². The first-order chi connectivity index (χ1) is 8.85. The highest BCUT2D eigenvalue weighted by Crippen LogP contribution is 2.10. The molecule has 3 rings (SSSR count). The first-order valence-electron chi connectivity index (χ1n) is 6.35. The third-order valence-electron chi connectivity index (χ3n) is 2.90. The number of aryl methyl sites for hydroxylation is 2. The average molecular weight is 241 g/mol. The lowest BCUT2D eigenvalue weighted by Crippen LogP contribution is -1.89. The van der Waals surface area contributed by atoms with Crippen LogP contribution in [0.1, 0.15) is 13.8 Å². The van der Waals surface area contributed by atoms with E-state index in [1.54, 1.807) is 0 Å². The Morgan fingerprint density at radius 3 is 2.28 bits per heavy atom. The van der Waals surface area contributed by atoms with Crippen molar-refractivity contribution in [2.24, 2.45) is 0 Å². The van der Waals surface area contributed by atoms with Crippen molar-refractivity contribution < 1.29 is 0 Å². The van der Waals surface area contributed by atoms with Gasteiger partial charge in [-0.05, 0) is 38.1 Å². The molecule has 3 heteroatoms. The van der Waals surface area contributed by atoms with Crippen LogP contribution in [-0.4, -0.2) is 14.1 Å². The van der Waals surface area contributed by atoms with E-state index in [0.29, 0.717) is 0 Å². The normalized spacial score (nSPS) is 10.1. The summed E-state index contributed by atoms with van der Waals surface area (Å²) in [4.78, 5) is 4.25. The minimum absolute atomic E-state index is 0.987. The Morgan fingerprint density at radius 2 is 1.67 bits per heavy atom. The van der Waals surface area contributed by atoms with Crippen molar-refractivity contribution in [3.05, 3.63) is 55.1 Å². The molecule has 2 aromatic heterocycles. The molecule has 3 nitrogen and oxygen atoms in total. The van der Waals surface area contributed by atoms with E-state index in [1.165, 1.54) is 5.52 Å². The summed E-state index contributed by atoms with van der Waals surface area (Å²) >= 11 is 0. The molecule has 1 aromatic carbocycles. The lowest BCUT2D eigenvalue weighted by atomic mass is 10.3. The molecular formula is C15H19N3. The number of aromatic nitrogens is 3. The number of nitrogens with zero attached hydrogens (tertiary/aromatic N) is 3. The van der Waals surface area contributed by atoms with E-state index in [-0.39, 0.29) is 0 Å². The molecule has 0 unspecified atom stereocenters. The second kappa shape index (κ2) is 6.05. The summed E-state index contributed by atoms with van der Waals surface area (Å²) in [7, 11) is 0. The van der Waals surface area contributed by atoms with E-state index in [4.69, 9.17) is 0 Å². The second-order valence-corrected chi connectivity index (χ2v) is 4.03. The maximum Gasteiger partial charge on any atom is 0.0958 e. The molecular weight excluding hydrogens is 222 g/mol. The fraction of sp³-hybridized carbons (Fsp3) is 0.267. The van der Waals surface area contributed by atoms with Gasteiger partial charge >= 0.3 is 0 Å². The van der Waals surface area contributed by atoms with E-state index in [9.17, 15) is 0 Å². The number of hydrogen-bond donors (Lipinski definition) is 0. The molecule has 0 amide bonds. The zero-order chi connectivity index (χ0) is 12.8. The summed E-state index contributed by atoms with van der Waals surface area (Å²) in [5, 5.41) is 0. The molecule has 0 N–H and O–H groups in total. The number of para-hydroxylation sites is 2. The molecule has 3 aromatic rings. The zero-order valence-electron chi connectivity index (χ0n) is 11.0. The lowest BCUT2D eigenvalue weighted by molar-refractivity contribution is 0.769. The summed E-state index contributed by atoms with van der Waals surface area (Å²) in [5.74, 6) is 0. The highest BCUT2D eigenvalue weighted by Gasteiger charge is 1.96.